The summed E-state index contributed by atoms with van der Waals surface area (Å²) in [6.45, 7) is 1.62. The van der Waals surface area contributed by atoms with Crippen LogP contribution in [0.3, 0.4) is 0 Å². The molecule has 0 aromatic carbocycles. The molecule has 11 heavy (non-hydrogen) atoms. The quantitative estimate of drug-likeness (QED) is 0.503. The Morgan fingerprint density at radius 1 is 1.64 bits per heavy atom. The van der Waals surface area contributed by atoms with Gasteiger partial charge in [0.2, 0.25) is 11.0 Å². The molecule has 5 heteroatoms. The van der Waals surface area contributed by atoms with Crippen LogP contribution < -0.4 is 0 Å². The smallest absolute Gasteiger partial charge is 0.205 e. The molecule has 56 valence electrons. The van der Waals surface area contributed by atoms with Crippen molar-refractivity contribution in [2.75, 3.05) is 0 Å². The van der Waals surface area contributed by atoms with Gasteiger partial charge in [0, 0.05) is 19.7 Å². The first kappa shape index (κ1) is 8.49. The molecule has 0 aliphatic carbocycles. The molecule has 0 saturated heterocycles. The van der Waals surface area contributed by atoms with E-state index in [2.05, 4.69) is 5.73 Å². The Morgan fingerprint density at radius 3 is 2.73 bits per heavy atom. The second-order valence-electron chi connectivity index (χ2n) is 1.97. The third-order valence-electron chi connectivity index (χ3n) is 1.23. The predicted molar refractivity (Wildman–Crippen MR) is 43.8 cm³/mol. The van der Waals surface area contributed by atoms with Gasteiger partial charge in [-0.15, -0.1) is 5.73 Å². The van der Waals surface area contributed by atoms with E-state index < -0.39 is 7.61 Å². The van der Waals surface area contributed by atoms with Crippen LogP contribution in [0.5, 0.6) is 0 Å². The monoisotopic (exact) mass is 185 g/mol. The summed E-state index contributed by atoms with van der Waals surface area (Å²) in [5.74, 6) is 0. The van der Waals surface area contributed by atoms with Crippen molar-refractivity contribution in [2.24, 2.45) is 0 Å². The van der Waals surface area contributed by atoms with E-state index in [9.17, 15) is 9.59 Å². The third-order valence-corrected chi connectivity index (χ3v) is 4.44. The van der Waals surface area contributed by atoms with E-state index >= 15 is 0 Å². The highest BCUT2D eigenvalue weighted by Crippen LogP contribution is 2.53. The average molecular weight is 185 g/mol. The number of nitrogens with one attached hydrogen (secondary N) is 1. The Labute approximate surface area is 66.5 Å². The largest absolute Gasteiger partial charge is 0.288 e. The molecule has 1 heterocycles. The molecule has 0 spiro atoms. The van der Waals surface area contributed by atoms with Crippen LogP contribution in [0.1, 0.15) is 6.92 Å². The molecule has 0 aromatic rings. The Balaban J connectivity index is 3.12. The van der Waals surface area contributed by atoms with Gasteiger partial charge < -0.3 is 0 Å². The van der Waals surface area contributed by atoms with Crippen molar-refractivity contribution in [3.63, 3.8) is 0 Å². The van der Waals surface area contributed by atoms with Gasteiger partial charge >= 0.3 is 0 Å². The van der Waals surface area contributed by atoms with Crippen LogP contribution in [-0.2, 0) is 9.59 Å². The second-order valence-corrected chi connectivity index (χ2v) is 5.44. The first-order valence-electron chi connectivity index (χ1n) is 2.86. The van der Waals surface area contributed by atoms with Crippen molar-refractivity contribution in [3.8, 4) is 0 Å². The minimum Gasteiger partial charge on any atom is -0.288 e. The molecule has 0 aromatic heterocycles. The molecule has 0 saturated carbocycles. The molecule has 1 rings (SSSR count). The Hall–Kier alpha value is -0.610. The lowest BCUT2D eigenvalue weighted by Gasteiger charge is -2.07. The van der Waals surface area contributed by atoms with E-state index in [0.717, 1.165) is 0 Å². The van der Waals surface area contributed by atoms with Crippen molar-refractivity contribution in [3.05, 3.63) is 17.4 Å². The lowest BCUT2D eigenvalue weighted by molar-refractivity contribution is -0.110. The molecule has 0 amide bonds. The molecule has 0 fully saturated rings. The molecule has 1 aliphatic heterocycles. The molecule has 1 N–H and O–H groups in total. The van der Waals surface area contributed by atoms with E-state index in [1.807, 2.05) is 0 Å². The first-order chi connectivity index (χ1) is 5.16. The highest BCUT2D eigenvalue weighted by molar-refractivity contribution is 8.33. The van der Waals surface area contributed by atoms with Gasteiger partial charge in [0.15, 0.2) is 0 Å². The molecule has 0 radical (unpaired) electrons. The second kappa shape index (κ2) is 3.19. The maximum atomic E-state index is 11.1. The fraction of sp³-hybridized carbons (Fsp3) is 0.167. The topological polar surface area (TPSA) is 58.0 Å². The van der Waals surface area contributed by atoms with Crippen molar-refractivity contribution in [1.29, 1.82) is 5.16 Å². The summed E-state index contributed by atoms with van der Waals surface area (Å²) >= 11 is 0. The summed E-state index contributed by atoms with van der Waals surface area (Å²) in [7, 11) is -1.29. The number of carbonyl (C=O) groups is 2. The van der Waals surface area contributed by atoms with Gasteiger partial charge in [-0.3, -0.25) is 14.8 Å². The number of allylic oxidation sites excluding steroid dienone is 1. The molecular formula is C6H5NO2P2. The van der Waals surface area contributed by atoms with Gasteiger partial charge in [-0.2, -0.15) is 0 Å². The lowest BCUT2D eigenvalue weighted by atomic mass is 10.3. The Kier molecular flexibility index (Phi) is 2.46. The van der Waals surface area contributed by atoms with Gasteiger partial charge in [0.1, 0.15) is 7.61 Å². The molecule has 1 atom stereocenters. The molecule has 1 aliphatic rings. The number of hydrogen-bond acceptors (Lipinski definition) is 3. The maximum Gasteiger partial charge on any atom is 0.205 e. The van der Waals surface area contributed by atoms with E-state index in [1.54, 1.807) is 6.92 Å². The van der Waals surface area contributed by atoms with Crippen LogP contribution in [0.2, 0.25) is 0 Å². The lowest BCUT2D eigenvalue weighted by Crippen LogP contribution is -2.03. The molecule has 1 unspecified atom stereocenters. The first-order valence-corrected chi connectivity index (χ1v) is 5.80. The fourth-order valence-corrected chi connectivity index (χ4v) is 2.80. The van der Waals surface area contributed by atoms with Gasteiger partial charge in [-0.25, -0.2) is 0 Å². The van der Waals surface area contributed by atoms with Crippen LogP contribution in [0.15, 0.2) is 17.4 Å². The minimum absolute atomic E-state index is 0.133. The Bertz CT molecular complexity index is 302. The predicted octanol–water partition coefficient (Wildman–Crippen LogP) is 2.26. The summed E-state index contributed by atoms with van der Waals surface area (Å²) in [4.78, 5) is 22.1. The average Bonchev–Trinajstić information content (AvgIpc) is 1.99. The SMILES string of the molecule is CC1=C=CC(=O)P(P=N)C1=O. The van der Waals surface area contributed by atoms with Crippen LogP contribution in [0.25, 0.3) is 0 Å². The zero-order chi connectivity index (χ0) is 8.43. The summed E-state index contributed by atoms with van der Waals surface area (Å²) in [5.41, 5.74) is 2.59. The summed E-state index contributed by atoms with van der Waals surface area (Å²) in [6.07, 6.45) is 1.27. The highest BCUT2D eigenvalue weighted by Gasteiger charge is 2.26. The number of hydrogen-bond donors (Lipinski definition) is 1. The summed E-state index contributed by atoms with van der Waals surface area (Å²) in [6, 6.07) is 0. The van der Waals surface area contributed by atoms with E-state index in [4.69, 9.17) is 5.16 Å². The normalized spacial score (nSPS) is 24.1. The van der Waals surface area contributed by atoms with Crippen molar-refractivity contribution in [1.82, 2.24) is 0 Å². The van der Waals surface area contributed by atoms with Crippen LogP contribution >= 0.6 is 15.7 Å². The highest BCUT2D eigenvalue weighted by atomic mass is 32.0. The van der Waals surface area contributed by atoms with Crippen LogP contribution in [0, 0.1) is 5.16 Å². The standard InChI is InChI=1S/C6H5NO2P2/c1-4-2-3-5(8)11(10-7)6(4)9/h3,7H,1H3. The van der Waals surface area contributed by atoms with Crippen molar-refractivity contribution < 1.29 is 9.59 Å². The van der Waals surface area contributed by atoms with E-state index in [0.29, 0.717) is 5.57 Å². The fourth-order valence-electron chi connectivity index (χ4n) is 0.646. The molecule has 3 nitrogen and oxygen atoms in total. The van der Waals surface area contributed by atoms with Crippen LogP contribution in [0.4, 0.5) is 0 Å². The van der Waals surface area contributed by atoms with E-state index in [1.165, 1.54) is 6.08 Å². The zero-order valence-electron chi connectivity index (χ0n) is 5.79. The zero-order valence-corrected chi connectivity index (χ0v) is 7.58. The Morgan fingerprint density at radius 2 is 2.27 bits per heavy atom. The number of carbonyl (C=O) groups excluding carboxylic acids is 2. The van der Waals surface area contributed by atoms with Gasteiger partial charge in [0.25, 0.3) is 0 Å². The van der Waals surface area contributed by atoms with Crippen molar-refractivity contribution in [2.45, 2.75) is 6.92 Å². The summed E-state index contributed by atoms with van der Waals surface area (Å²) in [5, 5.41) is 6.95. The molecular weight excluding hydrogens is 180 g/mol. The van der Waals surface area contributed by atoms with Gasteiger partial charge in [0.05, 0.1) is 0 Å². The van der Waals surface area contributed by atoms with E-state index in [-0.39, 0.29) is 19.1 Å². The maximum absolute atomic E-state index is 11.1. The summed E-state index contributed by atoms with van der Waals surface area (Å²) < 4.78 is 0. The van der Waals surface area contributed by atoms with Crippen LogP contribution in [-0.4, -0.2) is 11.0 Å². The number of rotatable bonds is 1. The van der Waals surface area contributed by atoms with Crippen molar-refractivity contribution >= 4 is 26.7 Å². The van der Waals surface area contributed by atoms with Gasteiger partial charge in [-0.05, 0) is 6.92 Å². The third kappa shape index (κ3) is 1.52. The molecule has 0 bridgehead atoms. The minimum atomic E-state index is -1.43. The van der Waals surface area contributed by atoms with Gasteiger partial charge in [-0.1, -0.05) is 0 Å².